The molecular formula is C10H14N2OS. The number of carbonyl (C=O) groups is 1. The van der Waals surface area contributed by atoms with Gasteiger partial charge in [0, 0.05) is 24.2 Å². The molecule has 0 aliphatic carbocycles. The summed E-state index contributed by atoms with van der Waals surface area (Å²) in [5.74, 6) is 0.0156. The molecule has 0 spiro atoms. The summed E-state index contributed by atoms with van der Waals surface area (Å²) in [6, 6.07) is 0. The van der Waals surface area contributed by atoms with Crippen molar-refractivity contribution in [1.29, 1.82) is 0 Å². The number of thiazole rings is 1. The van der Waals surface area contributed by atoms with E-state index < -0.39 is 0 Å². The lowest BCUT2D eigenvalue weighted by Crippen LogP contribution is -2.26. The summed E-state index contributed by atoms with van der Waals surface area (Å²) < 4.78 is 0. The monoisotopic (exact) mass is 210 g/mol. The lowest BCUT2D eigenvalue weighted by molar-refractivity contribution is -0.114. The maximum Gasteiger partial charge on any atom is 0.255 e. The number of hydrogen-bond donors (Lipinski definition) is 0. The molecule has 4 heteroatoms. The topological polar surface area (TPSA) is 33.2 Å². The van der Waals surface area contributed by atoms with E-state index in [4.69, 9.17) is 0 Å². The number of hydrogen-bond acceptors (Lipinski definition) is 3. The van der Waals surface area contributed by atoms with Crippen LogP contribution < -0.4 is 4.90 Å². The summed E-state index contributed by atoms with van der Waals surface area (Å²) in [5, 5.41) is 2.59. The summed E-state index contributed by atoms with van der Waals surface area (Å²) in [4.78, 5) is 17.4. The van der Waals surface area contributed by atoms with Crippen molar-refractivity contribution in [3.63, 3.8) is 0 Å². The van der Waals surface area contributed by atoms with E-state index in [0.29, 0.717) is 0 Å². The van der Waals surface area contributed by atoms with E-state index in [1.165, 1.54) is 11.3 Å². The SMILES string of the molecule is CCC=C(C)C(=O)N(C)c1nccs1. The normalized spacial score (nSPS) is 11.5. The van der Waals surface area contributed by atoms with E-state index >= 15 is 0 Å². The Hall–Kier alpha value is -1.16. The predicted molar refractivity (Wildman–Crippen MR) is 59.6 cm³/mol. The van der Waals surface area contributed by atoms with Crippen LogP contribution >= 0.6 is 11.3 Å². The van der Waals surface area contributed by atoms with Crippen molar-refractivity contribution in [2.45, 2.75) is 20.3 Å². The molecule has 1 aromatic heterocycles. The lowest BCUT2D eigenvalue weighted by atomic mass is 10.2. The summed E-state index contributed by atoms with van der Waals surface area (Å²) in [6.07, 6.45) is 4.50. The van der Waals surface area contributed by atoms with Gasteiger partial charge in [-0.2, -0.15) is 0 Å². The zero-order chi connectivity index (χ0) is 10.6. The second kappa shape index (κ2) is 4.91. The Morgan fingerprint density at radius 3 is 2.93 bits per heavy atom. The van der Waals surface area contributed by atoms with Crippen LogP contribution in [0.4, 0.5) is 5.13 Å². The average Bonchev–Trinajstić information content (AvgIpc) is 2.68. The van der Waals surface area contributed by atoms with Crippen LogP contribution in [-0.4, -0.2) is 17.9 Å². The first kappa shape index (κ1) is 10.9. The van der Waals surface area contributed by atoms with Crippen molar-refractivity contribution in [2.24, 2.45) is 0 Å². The van der Waals surface area contributed by atoms with Crippen molar-refractivity contribution in [2.75, 3.05) is 11.9 Å². The third-order valence-corrected chi connectivity index (χ3v) is 2.71. The van der Waals surface area contributed by atoms with E-state index in [9.17, 15) is 4.79 Å². The van der Waals surface area contributed by atoms with Crippen LogP contribution in [0.5, 0.6) is 0 Å². The van der Waals surface area contributed by atoms with Crippen molar-refractivity contribution in [3.8, 4) is 0 Å². The largest absolute Gasteiger partial charge is 0.287 e. The molecule has 0 atom stereocenters. The van der Waals surface area contributed by atoms with Gasteiger partial charge in [-0.1, -0.05) is 13.0 Å². The third kappa shape index (κ3) is 2.42. The van der Waals surface area contributed by atoms with Gasteiger partial charge in [-0.3, -0.25) is 9.69 Å². The Labute approximate surface area is 88.1 Å². The highest BCUT2D eigenvalue weighted by Gasteiger charge is 2.13. The summed E-state index contributed by atoms with van der Waals surface area (Å²) in [6.45, 7) is 3.84. The molecule has 0 saturated heterocycles. The molecule has 1 heterocycles. The molecule has 0 fully saturated rings. The highest BCUT2D eigenvalue weighted by molar-refractivity contribution is 7.13. The molecule has 0 bridgehead atoms. The molecule has 14 heavy (non-hydrogen) atoms. The summed E-state index contributed by atoms with van der Waals surface area (Å²) in [7, 11) is 1.74. The molecule has 0 unspecified atom stereocenters. The molecule has 0 aromatic carbocycles. The van der Waals surface area contributed by atoms with Gasteiger partial charge in [0.05, 0.1) is 0 Å². The van der Waals surface area contributed by atoms with Crippen LogP contribution in [0.1, 0.15) is 20.3 Å². The molecule has 0 radical (unpaired) electrons. The minimum absolute atomic E-state index is 0.0156. The predicted octanol–water partition coefficient (Wildman–Crippen LogP) is 2.46. The number of nitrogens with zero attached hydrogens (tertiary/aromatic N) is 2. The summed E-state index contributed by atoms with van der Waals surface area (Å²) >= 11 is 1.46. The fraction of sp³-hybridized carbons (Fsp3) is 0.400. The van der Waals surface area contributed by atoms with Crippen molar-refractivity contribution in [3.05, 3.63) is 23.2 Å². The minimum atomic E-state index is 0.0156. The maximum atomic E-state index is 11.8. The number of rotatable bonds is 3. The van der Waals surface area contributed by atoms with Crippen LogP contribution in [0, 0.1) is 0 Å². The van der Waals surface area contributed by atoms with Crippen LogP contribution in [0.25, 0.3) is 0 Å². The molecule has 0 N–H and O–H groups in total. The highest BCUT2D eigenvalue weighted by Crippen LogP contribution is 2.17. The van der Waals surface area contributed by atoms with Gasteiger partial charge in [0.25, 0.3) is 5.91 Å². The molecule has 0 saturated carbocycles. The zero-order valence-electron chi connectivity index (χ0n) is 8.65. The van der Waals surface area contributed by atoms with E-state index in [0.717, 1.165) is 17.1 Å². The standard InChI is InChI=1S/C10H14N2OS/c1-4-5-8(2)9(13)12(3)10-11-6-7-14-10/h5-7H,4H2,1-3H3. The number of allylic oxidation sites excluding steroid dienone is 1. The van der Waals surface area contributed by atoms with E-state index in [1.54, 1.807) is 18.1 Å². The Morgan fingerprint density at radius 1 is 1.71 bits per heavy atom. The Bertz CT molecular complexity index is 330. The zero-order valence-corrected chi connectivity index (χ0v) is 9.47. The molecular weight excluding hydrogens is 196 g/mol. The quantitative estimate of drug-likeness (QED) is 0.718. The van der Waals surface area contributed by atoms with Crippen LogP contribution in [0.2, 0.25) is 0 Å². The Balaban J connectivity index is 2.76. The summed E-state index contributed by atoms with van der Waals surface area (Å²) in [5.41, 5.74) is 0.769. The third-order valence-electron chi connectivity index (χ3n) is 1.86. The first-order valence-electron chi connectivity index (χ1n) is 4.51. The number of amides is 1. The molecule has 76 valence electrons. The van der Waals surface area contributed by atoms with Gasteiger partial charge in [-0.15, -0.1) is 11.3 Å². The molecule has 0 aliphatic rings. The van der Waals surface area contributed by atoms with Crippen LogP contribution in [0.15, 0.2) is 23.2 Å². The first-order valence-corrected chi connectivity index (χ1v) is 5.39. The number of carbonyl (C=O) groups excluding carboxylic acids is 1. The minimum Gasteiger partial charge on any atom is -0.287 e. The van der Waals surface area contributed by atoms with Gasteiger partial charge in [0.2, 0.25) is 0 Å². The van der Waals surface area contributed by atoms with Crippen LogP contribution in [0.3, 0.4) is 0 Å². The van der Waals surface area contributed by atoms with Gasteiger partial charge in [0.15, 0.2) is 5.13 Å². The van der Waals surface area contributed by atoms with E-state index in [1.807, 2.05) is 25.3 Å². The van der Waals surface area contributed by atoms with Gasteiger partial charge in [0.1, 0.15) is 0 Å². The second-order valence-electron chi connectivity index (χ2n) is 2.97. The van der Waals surface area contributed by atoms with Gasteiger partial charge in [-0.25, -0.2) is 4.98 Å². The molecule has 3 nitrogen and oxygen atoms in total. The number of aromatic nitrogens is 1. The maximum absolute atomic E-state index is 11.8. The lowest BCUT2D eigenvalue weighted by Gasteiger charge is -2.13. The first-order chi connectivity index (χ1) is 6.66. The molecule has 1 amide bonds. The van der Waals surface area contributed by atoms with Gasteiger partial charge >= 0.3 is 0 Å². The molecule has 1 rings (SSSR count). The molecule has 1 aromatic rings. The highest BCUT2D eigenvalue weighted by atomic mass is 32.1. The molecule has 0 aliphatic heterocycles. The van der Waals surface area contributed by atoms with Crippen molar-refractivity contribution < 1.29 is 4.79 Å². The Kier molecular flexibility index (Phi) is 3.83. The smallest absolute Gasteiger partial charge is 0.255 e. The van der Waals surface area contributed by atoms with Crippen LogP contribution in [-0.2, 0) is 4.79 Å². The second-order valence-corrected chi connectivity index (χ2v) is 3.85. The average molecular weight is 210 g/mol. The Morgan fingerprint density at radius 2 is 2.43 bits per heavy atom. The van der Waals surface area contributed by atoms with Gasteiger partial charge in [-0.05, 0) is 13.3 Å². The van der Waals surface area contributed by atoms with Crippen molar-refractivity contribution in [1.82, 2.24) is 4.98 Å². The fourth-order valence-corrected chi connectivity index (χ4v) is 1.73. The van der Waals surface area contributed by atoms with E-state index in [2.05, 4.69) is 4.98 Å². The van der Waals surface area contributed by atoms with Crippen molar-refractivity contribution >= 4 is 22.4 Å². The fourth-order valence-electron chi connectivity index (χ4n) is 1.13. The van der Waals surface area contributed by atoms with Gasteiger partial charge < -0.3 is 0 Å². The van der Waals surface area contributed by atoms with E-state index in [-0.39, 0.29) is 5.91 Å². The number of anilines is 1. The number of likely N-dealkylation sites (N-methyl/N-ethyl adjacent to an activating group) is 1.